The summed E-state index contributed by atoms with van der Waals surface area (Å²) in [5.74, 6) is 0.109. The number of nitrogens with zero attached hydrogens (tertiary/aromatic N) is 1. The molecule has 0 bridgehead atoms. The Bertz CT molecular complexity index is 166. The third-order valence-electron chi connectivity index (χ3n) is 1.56. The van der Waals surface area contributed by atoms with E-state index >= 15 is 0 Å². The summed E-state index contributed by atoms with van der Waals surface area (Å²) < 4.78 is 0. The molecular weight excluding hydrogens is 154 g/mol. The van der Waals surface area contributed by atoms with Crippen molar-refractivity contribution in [3.63, 3.8) is 0 Å². The summed E-state index contributed by atoms with van der Waals surface area (Å²) in [5, 5.41) is 0. The van der Waals surface area contributed by atoms with Gasteiger partial charge in [0.05, 0.1) is 6.54 Å². The summed E-state index contributed by atoms with van der Waals surface area (Å²) in [6.07, 6.45) is 1.38. The van der Waals surface area contributed by atoms with Gasteiger partial charge in [0.1, 0.15) is 5.78 Å². The number of amides is 1. The molecule has 0 radical (unpaired) electrons. The Kier molecular flexibility index (Phi) is 5.34. The first-order valence-corrected chi connectivity index (χ1v) is 4.39. The minimum Gasteiger partial charge on any atom is -0.335 e. The van der Waals surface area contributed by atoms with Gasteiger partial charge in [0.15, 0.2) is 0 Å². The van der Waals surface area contributed by atoms with Crippen molar-refractivity contribution in [1.29, 1.82) is 0 Å². The van der Waals surface area contributed by atoms with Crippen LogP contribution in [0, 0.1) is 0 Å². The van der Waals surface area contributed by atoms with Gasteiger partial charge < -0.3 is 4.90 Å². The fraction of sp³-hybridized carbons (Fsp3) is 0.778. The molecule has 0 aliphatic rings. The molecule has 0 aromatic heterocycles. The molecule has 70 valence electrons. The first kappa shape index (κ1) is 11.1. The molecule has 0 aromatic carbocycles. The van der Waals surface area contributed by atoms with Gasteiger partial charge in [0.2, 0.25) is 5.91 Å². The largest absolute Gasteiger partial charge is 0.335 e. The van der Waals surface area contributed by atoms with E-state index < -0.39 is 0 Å². The zero-order valence-electron chi connectivity index (χ0n) is 8.09. The smallest absolute Gasteiger partial charge is 0.222 e. The van der Waals surface area contributed by atoms with Crippen LogP contribution in [0.15, 0.2) is 0 Å². The third-order valence-corrected chi connectivity index (χ3v) is 1.56. The summed E-state index contributed by atoms with van der Waals surface area (Å²) in [4.78, 5) is 23.6. The second-order valence-electron chi connectivity index (χ2n) is 2.87. The highest BCUT2D eigenvalue weighted by Crippen LogP contribution is 1.96. The zero-order valence-corrected chi connectivity index (χ0v) is 8.09. The van der Waals surface area contributed by atoms with E-state index in [1.165, 1.54) is 6.92 Å². The van der Waals surface area contributed by atoms with Crippen LogP contribution < -0.4 is 0 Å². The lowest BCUT2D eigenvalue weighted by molar-refractivity contribution is -0.134. The molecule has 0 saturated carbocycles. The first-order valence-electron chi connectivity index (χ1n) is 4.39. The molecule has 3 nitrogen and oxygen atoms in total. The Morgan fingerprint density at radius 3 is 2.17 bits per heavy atom. The molecule has 0 aromatic rings. The van der Waals surface area contributed by atoms with Gasteiger partial charge in [-0.25, -0.2) is 0 Å². The quantitative estimate of drug-likeness (QED) is 0.623. The SMILES string of the molecule is CCCN(CC(C)=O)C(=O)CC. The van der Waals surface area contributed by atoms with Crippen LogP contribution in [0.4, 0.5) is 0 Å². The maximum Gasteiger partial charge on any atom is 0.222 e. The molecule has 0 saturated heterocycles. The highest BCUT2D eigenvalue weighted by atomic mass is 16.2. The Morgan fingerprint density at radius 2 is 1.83 bits per heavy atom. The van der Waals surface area contributed by atoms with Crippen molar-refractivity contribution in [3.8, 4) is 0 Å². The van der Waals surface area contributed by atoms with Crippen molar-refractivity contribution in [2.45, 2.75) is 33.6 Å². The van der Waals surface area contributed by atoms with E-state index in [1.54, 1.807) is 4.90 Å². The van der Waals surface area contributed by atoms with E-state index in [1.807, 2.05) is 13.8 Å². The number of carbonyl (C=O) groups is 2. The van der Waals surface area contributed by atoms with Crippen molar-refractivity contribution in [3.05, 3.63) is 0 Å². The van der Waals surface area contributed by atoms with E-state index in [2.05, 4.69) is 0 Å². The van der Waals surface area contributed by atoms with Crippen LogP contribution in [0.2, 0.25) is 0 Å². The van der Waals surface area contributed by atoms with E-state index in [-0.39, 0.29) is 18.2 Å². The number of hydrogen-bond donors (Lipinski definition) is 0. The predicted octanol–water partition coefficient (Wildman–Crippen LogP) is 1.22. The molecule has 3 heteroatoms. The molecular formula is C9H17NO2. The molecule has 0 fully saturated rings. The highest BCUT2D eigenvalue weighted by molar-refractivity contribution is 5.84. The summed E-state index contributed by atoms with van der Waals surface area (Å²) >= 11 is 0. The second kappa shape index (κ2) is 5.75. The second-order valence-corrected chi connectivity index (χ2v) is 2.87. The van der Waals surface area contributed by atoms with Gasteiger partial charge in [-0.2, -0.15) is 0 Å². The van der Waals surface area contributed by atoms with Crippen molar-refractivity contribution < 1.29 is 9.59 Å². The van der Waals surface area contributed by atoms with Gasteiger partial charge in [-0.1, -0.05) is 13.8 Å². The lowest BCUT2D eigenvalue weighted by atomic mass is 10.3. The predicted molar refractivity (Wildman–Crippen MR) is 47.8 cm³/mol. The minimum absolute atomic E-state index is 0.0465. The Balaban J connectivity index is 4.02. The lowest BCUT2D eigenvalue weighted by Gasteiger charge is -2.19. The number of Topliss-reactive ketones (excluding diaryl/α,β-unsaturated/α-hetero) is 1. The number of rotatable bonds is 5. The van der Waals surface area contributed by atoms with Crippen LogP contribution in [0.5, 0.6) is 0 Å². The molecule has 0 spiro atoms. The summed E-state index contributed by atoms with van der Waals surface area (Å²) in [5.41, 5.74) is 0. The molecule has 0 rings (SSSR count). The Morgan fingerprint density at radius 1 is 1.25 bits per heavy atom. The summed E-state index contributed by atoms with van der Waals surface area (Å²) in [6, 6.07) is 0. The maximum atomic E-state index is 11.2. The Labute approximate surface area is 73.7 Å². The molecule has 0 N–H and O–H groups in total. The summed E-state index contributed by atoms with van der Waals surface area (Å²) in [7, 11) is 0. The van der Waals surface area contributed by atoms with E-state index in [4.69, 9.17) is 0 Å². The van der Waals surface area contributed by atoms with Crippen LogP contribution in [0.3, 0.4) is 0 Å². The van der Waals surface area contributed by atoms with Gasteiger partial charge in [-0.15, -0.1) is 0 Å². The number of carbonyl (C=O) groups excluding carboxylic acids is 2. The van der Waals surface area contributed by atoms with Crippen LogP contribution in [-0.2, 0) is 9.59 Å². The average molecular weight is 171 g/mol. The molecule has 12 heavy (non-hydrogen) atoms. The number of hydrogen-bond acceptors (Lipinski definition) is 2. The molecule has 0 aliphatic carbocycles. The lowest BCUT2D eigenvalue weighted by Crippen LogP contribution is -2.34. The molecule has 0 heterocycles. The molecule has 0 unspecified atom stereocenters. The van der Waals surface area contributed by atoms with Gasteiger partial charge in [-0.3, -0.25) is 9.59 Å². The van der Waals surface area contributed by atoms with Crippen molar-refractivity contribution >= 4 is 11.7 Å². The summed E-state index contributed by atoms with van der Waals surface area (Å²) in [6.45, 7) is 6.26. The van der Waals surface area contributed by atoms with Gasteiger partial charge >= 0.3 is 0 Å². The van der Waals surface area contributed by atoms with Gasteiger partial charge in [-0.05, 0) is 13.3 Å². The van der Waals surface area contributed by atoms with Crippen LogP contribution in [0.1, 0.15) is 33.6 Å². The maximum absolute atomic E-state index is 11.2. The first-order chi connectivity index (χ1) is 5.61. The third kappa shape index (κ3) is 4.11. The topological polar surface area (TPSA) is 37.4 Å². The standard InChI is InChI=1S/C9H17NO2/c1-4-6-10(7-8(3)11)9(12)5-2/h4-7H2,1-3H3. The van der Waals surface area contributed by atoms with Gasteiger partial charge in [0.25, 0.3) is 0 Å². The van der Waals surface area contributed by atoms with Crippen LogP contribution in [0.25, 0.3) is 0 Å². The van der Waals surface area contributed by atoms with Crippen molar-refractivity contribution in [1.82, 2.24) is 4.90 Å². The van der Waals surface area contributed by atoms with E-state index in [0.29, 0.717) is 13.0 Å². The van der Waals surface area contributed by atoms with Crippen molar-refractivity contribution in [2.24, 2.45) is 0 Å². The monoisotopic (exact) mass is 171 g/mol. The normalized spacial score (nSPS) is 9.58. The fourth-order valence-corrected chi connectivity index (χ4v) is 1.05. The zero-order chi connectivity index (χ0) is 9.56. The fourth-order valence-electron chi connectivity index (χ4n) is 1.05. The molecule has 1 amide bonds. The van der Waals surface area contributed by atoms with Gasteiger partial charge in [0, 0.05) is 13.0 Å². The average Bonchev–Trinajstić information content (AvgIpc) is 2.01. The highest BCUT2D eigenvalue weighted by Gasteiger charge is 2.11. The molecule has 0 aliphatic heterocycles. The Hall–Kier alpha value is -0.860. The van der Waals surface area contributed by atoms with Crippen molar-refractivity contribution in [2.75, 3.05) is 13.1 Å². The number of ketones is 1. The van der Waals surface area contributed by atoms with E-state index in [0.717, 1.165) is 6.42 Å². The van der Waals surface area contributed by atoms with E-state index in [9.17, 15) is 9.59 Å². The minimum atomic E-state index is 0.0465. The van der Waals surface area contributed by atoms with Crippen LogP contribution >= 0.6 is 0 Å². The van der Waals surface area contributed by atoms with Crippen LogP contribution in [-0.4, -0.2) is 29.7 Å². The molecule has 0 atom stereocenters.